The molecule has 0 rings (SSSR count). The SMILES string of the molecule is CCCCCCCCCCC/C=C\C/C=C\CCCCCCCCCCCCCCCCCC(=O)NC(CO)C(O)C(O)CCCCCCCCCCCCCCCCCCCC. The van der Waals surface area contributed by atoms with E-state index in [4.69, 9.17) is 0 Å². The number of aliphatic hydroxyl groups excluding tert-OH is 3. The van der Waals surface area contributed by atoms with Crippen LogP contribution in [0.5, 0.6) is 0 Å². The lowest BCUT2D eigenvalue weighted by Gasteiger charge is -2.26. The van der Waals surface area contributed by atoms with Crippen LogP contribution in [-0.2, 0) is 4.79 Å². The first-order chi connectivity index (χ1) is 31.1. The van der Waals surface area contributed by atoms with Crippen molar-refractivity contribution in [1.82, 2.24) is 5.32 Å². The summed E-state index contributed by atoms with van der Waals surface area (Å²) >= 11 is 0. The van der Waals surface area contributed by atoms with Crippen LogP contribution in [0.2, 0.25) is 0 Å². The number of carbonyl (C=O) groups excluding carboxylic acids is 1. The van der Waals surface area contributed by atoms with Gasteiger partial charge in [-0.05, 0) is 44.9 Å². The summed E-state index contributed by atoms with van der Waals surface area (Å²) in [6.45, 7) is 4.21. The molecule has 0 aromatic rings. The van der Waals surface area contributed by atoms with Crippen molar-refractivity contribution >= 4 is 5.91 Å². The number of carbonyl (C=O) groups is 1. The minimum atomic E-state index is -1.13. The van der Waals surface area contributed by atoms with Gasteiger partial charge in [0.25, 0.3) is 0 Å². The van der Waals surface area contributed by atoms with Crippen LogP contribution in [0, 0.1) is 0 Å². The normalized spacial score (nSPS) is 13.4. The van der Waals surface area contributed by atoms with Gasteiger partial charge in [0.2, 0.25) is 5.91 Å². The number of rotatable bonds is 53. The Morgan fingerprint density at radius 2 is 0.683 bits per heavy atom. The van der Waals surface area contributed by atoms with Gasteiger partial charge >= 0.3 is 0 Å². The van der Waals surface area contributed by atoms with Gasteiger partial charge in [-0.2, -0.15) is 0 Å². The molecule has 0 aromatic heterocycles. The lowest BCUT2D eigenvalue weighted by atomic mass is 9.99. The van der Waals surface area contributed by atoms with Crippen LogP contribution in [-0.4, -0.2) is 46.1 Å². The van der Waals surface area contributed by atoms with Crippen LogP contribution in [0.3, 0.4) is 0 Å². The minimum absolute atomic E-state index is 0.140. The van der Waals surface area contributed by atoms with E-state index in [1.165, 1.54) is 250 Å². The van der Waals surface area contributed by atoms with Gasteiger partial charge in [-0.3, -0.25) is 4.79 Å². The summed E-state index contributed by atoms with van der Waals surface area (Å²) in [6.07, 6.45) is 67.6. The monoisotopic (exact) mass is 888 g/mol. The summed E-state index contributed by atoms with van der Waals surface area (Å²) < 4.78 is 0. The second kappa shape index (κ2) is 53.4. The summed E-state index contributed by atoms with van der Waals surface area (Å²) in [5.41, 5.74) is 0. The molecule has 0 heterocycles. The highest BCUT2D eigenvalue weighted by Gasteiger charge is 2.26. The Bertz CT molecular complexity index is 936. The Kier molecular flexibility index (Phi) is 52.5. The zero-order chi connectivity index (χ0) is 45.8. The molecule has 3 atom stereocenters. The first-order valence-corrected chi connectivity index (χ1v) is 28.6. The smallest absolute Gasteiger partial charge is 0.220 e. The Labute approximate surface area is 394 Å². The van der Waals surface area contributed by atoms with Crippen LogP contribution in [0.4, 0.5) is 0 Å². The molecule has 4 N–H and O–H groups in total. The Morgan fingerprint density at radius 1 is 0.397 bits per heavy atom. The summed E-state index contributed by atoms with van der Waals surface area (Å²) in [5.74, 6) is -0.140. The fraction of sp³-hybridized carbons (Fsp3) is 0.914. The van der Waals surface area contributed by atoms with Crippen molar-refractivity contribution in [3.05, 3.63) is 24.3 Å². The summed E-state index contributed by atoms with van der Waals surface area (Å²) in [6, 6.07) is -0.808. The van der Waals surface area contributed by atoms with E-state index < -0.39 is 18.2 Å². The van der Waals surface area contributed by atoms with E-state index in [9.17, 15) is 20.1 Å². The third-order valence-corrected chi connectivity index (χ3v) is 13.6. The van der Waals surface area contributed by atoms with Gasteiger partial charge in [-0.25, -0.2) is 0 Å². The molecule has 63 heavy (non-hydrogen) atoms. The minimum Gasteiger partial charge on any atom is -0.394 e. The van der Waals surface area contributed by atoms with E-state index in [0.717, 1.165) is 38.5 Å². The van der Waals surface area contributed by atoms with Crippen LogP contribution in [0.25, 0.3) is 0 Å². The molecular weight excluding hydrogens is 775 g/mol. The number of allylic oxidation sites excluding steroid dienone is 4. The standard InChI is InChI=1S/C58H113NO4/c1-3-5-7-9-11-13-15-17-19-21-23-24-25-26-27-28-29-30-31-32-33-34-35-37-39-41-43-45-47-49-51-53-57(62)59-55(54-60)58(63)56(61)52-50-48-46-44-42-40-38-36-22-20-18-16-14-12-10-8-6-4-2/h23-24,26-27,55-56,58,60-61,63H,3-22,25,28-54H2,1-2H3,(H,59,62)/b24-23-,27-26-. The van der Waals surface area contributed by atoms with E-state index in [2.05, 4.69) is 43.5 Å². The topological polar surface area (TPSA) is 89.8 Å². The molecule has 5 nitrogen and oxygen atoms in total. The average Bonchev–Trinajstić information content (AvgIpc) is 3.29. The summed E-state index contributed by atoms with van der Waals surface area (Å²) in [5, 5.41) is 33.8. The van der Waals surface area contributed by atoms with Crippen molar-refractivity contribution in [1.29, 1.82) is 0 Å². The van der Waals surface area contributed by atoms with Crippen LogP contribution in [0.15, 0.2) is 24.3 Å². The number of amides is 1. The highest BCUT2D eigenvalue weighted by molar-refractivity contribution is 5.76. The first-order valence-electron chi connectivity index (χ1n) is 28.6. The van der Waals surface area contributed by atoms with Crippen molar-refractivity contribution in [2.75, 3.05) is 6.61 Å². The maximum atomic E-state index is 12.5. The maximum absolute atomic E-state index is 12.5. The van der Waals surface area contributed by atoms with Crippen molar-refractivity contribution < 1.29 is 20.1 Å². The van der Waals surface area contributed by atoms with E-state index >= 15 is 0 Å². The third kappa shape index (κ3) is 48.6. The number of hydrogen-bond acceptors (Lipinski definition) is 4. The molecule has 0 aliphatic carbocycles. The second-order valence-electron chi connectivity index (χ2n) is 19.9. The van der Waals surface area contributed by atoms with E-state index in [0.29, 0.717) is 12.8 Å². The lowest BCUT2D eigenvalue weighted by Crippen LogP contribution is -2.50. The maximum Gasteiger partial charge on any atom is 0.220 e. The Hall–Kier alpha value is -1.17. The third-order valence-electron chi connectivity index (χ3n) is 13.6. The molecule has 0 aliphatic heterocycles. The van der Waals surface area contributed by atoms with Gasteiger partial charge in [0, 0.05) is 6.42 Å². The van der Waals surface area contributed by atoms with Crippen LogP contribution < -0.4 is 5.32 Å². The molecule has 1 amide bonds. The molecule has 0 spiro atoms. The highest BCUT2D eigenvalue weighted by atomic mass is 16.3. The van der Waals surface area contributed by atoms with Crippen molar-refractivity contribution in [2.24, 2.45) is 0 Å². The van der Waals surface area contributed by atoms with Gasteiger partial charge < -0.3 is 20.6 Å². The van der Waals surface area contributed by atoms with Gasteiger partial charge in [0.05, 0.1) is 18.8 Å². The van der Waals surface area contributed by atoms with Crippen molar-refractivity contribution in [3.8, 4) is 0 Å². The molecule has 0 saturated carbocycles. The number of aliphatic hydroxyl groups is 3. The predicted molar refractivity (Wildman–Crippen MR) is 278 cm³/mol. The molecule has 0 aromatic carbocycles. The average molecular weight is 889 g/mol. The molecular formula is C58H113NO4. The molecule has 0 fully saturated rings. The Balaban J connectivity index is 3.51. The fourth-order valence-corrected chi connectivity index (χ4v) is 9.14. The number of hydrogen-bond donors (Lipinski definition) is 4. The highest BCUT2D eigenvalue weighted by Crippen LogP contribution is 2.18. The lowest BCUT2D eigenvalue weighted by molar-refractivity contribution is -0.124. The molecule has 0 radical (unpaired) electrons. The van der Waals surface area contributed by atoms with Gasteiger partial charge in [-0.1, -0.05) is 289 Å². The number of nitrogens with one attached hydrogen (secondary N) is 1. The van der Waals surface area contributed by atoms with E-state index in [1.54, 1.807) is 0 Å². The fourth-order valence-electron chi connectivity index (χ4n) is 9.14. The van der Waals surface area contributed by atoms with Crippen LogP contribution in [0.1, 0.15) is 316 Å². The van der Waals surface area contributed by atoms with E-state index in [1.807, 2.05) is 0 Å². The molecule has 0 aliphatic rings. The molecule has 0 bridgehead atoms. The van der Waals surface area contributed by atoms with Gasteiger partial charge in [-0.15, -0.1) is 0 Å². The van der Waals surface area contributed by atoms with Crippen molar-refractivity contribution in [3.63, 3.8) is 0 Å². The van der Waals surface area contributed by atoms with Crippen LogP contribution >= 0.6 is 0 Å². The molecule has 374 valence electrons. The zero-order valence-electron chi connectivity index (χ0n) is 42.7. The van der Waals surface area contributed by atoms with Gasteiger partial charge in [0.1, 0.15) is 6.10 Å². The molecule has 5 heteroatoms. The Morgan fingerprint density at radius 3 is 1.00 bits per heavy atom. The largest absolute Gasteiger partial charge is 0.394 e. The van der Waals surface area contributed by atoms with Crippen molar-refractivity contribution in [2.45, 2.75) is 334 Å². The zero-order valence-corrected chi connectivity index (χ0v) is 42.7. The number of unbranched alkanes of at least 4 members (excludes halogenated alkanes) is 41. The van der Waals surface area contributed by atoms with Gasteiger partial charge in [0.15, 0.2) is 0 Å². The predicted octanol–water partition coefficient (Wildman–Crippen LogP) is 17.7. The summed E-state index contributed by atoms with van der Waals surface area (Å²) in [4.78, 5) is 12.5. The first kappa shape index (κ1) is 61.8. The second-order valence-corrected chi connectivity index (χ2v) is 19.9. The quantitative estimate of drug-likeness (QED) is 0.0362. The van der Waals surface area contributed by atoms with E-state index in [-0.39, 0.29) is 12.5 Å². The molecule has 3 unspecified atom stereocenters. The summed E-state index contributed by atoms with van der Waals surface area (Å²) in [7, 11) is 0. The molecule has 0 saturated heterocycles.